The van der Waals surface area contributed by atoms with E-state index in [2.05, 4.69) is 0 Å². The lowest BCUT2D eigenvalue weighted by Gasteiger charge is -2.12. The number of ketones is 1. The van der Waals surface area contributed by atoms with Crippen molar-refractivity contribution in [1.29, 1.82) is 0 Å². The number of carbonyl (C=O) groups is 1. The quantitative estimate of drug-likeness (QED) is 0.810. The molecule has 1 aromatic heterocycles. The summed E-state index contributed by atoms with van der Waals surface area (Å²) in [7, 11) is 0. The molecule has 1 aromatic carbocycles. The lowest BCUT2D eigenvalue weighted by atomic mass is 9.92. The fraction of sp³-hybridized carbons (Fsp3) is 0.267. The van der Waals surface area contributed by atoms with Crippen LogP contribution in [0, 0.1) is 0 Å². The molecule has 0 bridgehead atoms. The van der Waals surface area contributed by atoms with E-state index in [-0.39, 0.29) is 5.78 Å². The highest BCUT2D eigenvalue weighted by molar-refractivity contribution is 7.16. The first-order valence-electron chi connectivity index (χ1n) is 6.47. The molecule has 1 heterocycles. The average Bonchev–Trinajstić information content (AvgIpc) is 2.77. The van der Waals surface area contributed by atoms with E-state index in [4.69, 9.17) is 28.9 Å². The summed E-state index contributed by atoms with van der Waals surface area (Å²) in [6.07, 6.45) is 4.25. The maximum Gasteiger partial charge on any atom is 0.196 e. The molecule has 5 heteroatoms. The van der Waals surface area contributed by atoms with Gasteiger partial charge >= 0.3 is 0 Å². The van der Waals surface area contributed by atoms with Crippen molar-refractivity contribution in [3.63, 3.8) is 0 Å². The third kappa shape index (κ3) is 2.34. The van der Waals surface area contributed by atoms with Gasteiger partial charge in [0.05, 0.1) is 20.6 Å². The van der Waals surface area contributed by atoms with Crippen molar-refractivity contribution in [2.45, 2.75) is 25.7 Å². The van der Waals surface area contributed by atoms with Gasteiger partial charge in [-0.15, -0.1) is 11.3 Å². The van der Waals surface area contributed by atoms with Crippen LogP contribution in [0.4, 0.5) is 5.00 Å². The zero-order valence-corrected chi connectivity index (χ0v) is 13.0. The molecular formula is C15H13Cl2NOS. The Morgan fingerprint density at radius 2 is 1.90 bits per heavy atom. The number of halogens is 2. The maximum atomic E-state index is 12.7. The van der Waals surface area contributed by atoms with Crippen molar-refractivity contribution in [3.8, 4) is 0 Å². The molecule has 0 unspecified atom stereocenters. The Labute approximate surface area is 131 Å². The molecule has 3 rings (SSSR count). The first kappa shape index (κ1) is 13.9. The average molecular weight is 326 g/mol. The van der Waals surface area contributed by atoms with E-state index >= 15 is 0 Å². The van der Waals surface area contributed by atoms with Gasteiger partial charge in [0.1, 0.15) is 0 Å². The molecule has 2 N–H and O–H groups in total. The second-order valence-corrected chi connectivity index (χ2v) is 6.86. The first-order chi connectivity index (χ1) is 9.58. The molecule has 0 saturated heterocycles. The summed E-state index contributed by atoms with van der Waals surface area (Å²) in [5.74, 6) is -0.0551. The molecule has 0 spiro atoms. The topological polar surface area (TPSA) is 43.1 Å². The zero-order valence-electron chi connectivity index (χ0n) is 10.7. The number of nitrogens with two attached hydrogens (primary N) is 1. The van der Waals surface area contributed by atoms with E-state index in [1.54, 1.807) is 29.5 Å². The van der Waals surface area contributed by atoms with Crippen LogP contribution in [-0.4, -0.2) is 5.78 Å². The van der Waals surface area contributed by atoms with E-state index in [0.29, 0.717) is 26.2 Å². The molecule has 0 amide bonds. The molecule has 0 fully saturated rings. The van der Waals surface area contributed by atoms with Gasteiger partial charge in [-0.1, -0.05) is 23.2 Å². The highest BCUT2D eigenvalue weighted by Gasteiger charge is 2.25. The smallest absolute Gasteiger partial charge is 0.196 e. The van der Waals surface area contributed by atoms with Gasteiger partial charge in [0.15, 0.2) is 5.78 Å². The summed E-state index contributed by atoms with van der Waals surface area (Å²) in [5, 5.41) is 1.46. The summed E-state index contributed by atoms with van der Waals surface area (Å²) in [6.45, 7) is 0. The van der Waals surface area contributed by atoms with Crippen LogP contribution in [0.15, 0.2) is 18.2 Å². The summed E-state index contributed by atoms with van der Waals surface area (Å²) in [5.41, 5.74) is 8.41. The van der Waals surface area contributed by atoms with Crippen LogP contribution in [-0.2, 0) is 12.8 Å². The van der Waals surface area contributed by atoms with Crippen LogP contribution in [0.2, 0.25) is 10.0 Å². The van der Waals surface area contributed by atoms with Gasteiger partial charge in [0.25, 0.3) is 0 Å². The van der Waals surface area contributed by atoms with Crippen LogP contribution in [0.1, 0.15) is 39.2 Å². The number of rotatable bonds is 2. The number of carbonyl (C=O) groups excluding carboxylic acids is 1. The summed E-state index contributed by atoms with van der Waals surface area (Å²) in [6, 6.07) is 4.95. The highest BCUT2D eigenvalue weighted by Crippen LogP contribution is 2.37. The lowest BCUT2D eigenvalue weighted by molar-refractivity contribution is 0.103. The Morgan fingerprint density at radius 1 is 1.15 bits per heavy atom. The van der Waals surface area contributed by atoms with Gasteiger partial charge in [0, 0.05) is 10.4 Å². The van der Waals surface area contributed by atoms with Crippen molar-refractivity contribution in [2.24, 2.45) is 0 Å². The predicted molar refractivity (Wildman–Crippen MR) is 85.3 cm³/mol. The first-order valence-corrected chi connectivity index (χ1v) is 8.05. The molecule has 1 aliphatic rings. The van der Waals surface area contributed by atoms with Crippen LogP contribution in [0.25, 0.3) is 0 Å². The van der Waals surface area contributed by atoms with Crippen LogP contribution in [0.5, 0.6) is 0 Å². The molecular weight excluding hydrogens is 313 g/mol. The molecule has 2 aromatic rings. The van der Waals surface area contributed by atoms with Crippen LogP contribution < -0.4 is 5.73 Å². The maximum absolute atomic E-state index is 12.7. The normalized spacial score (nSPS) is 14.1. The Morgan fingerprint density at radius 3 is 2.65 bits per heavy atom. The van der Waals surface area contributed by atoms with Gasteiger partial charge in [-0.05, 0) is 49.4 Å². The highest BCUT2D eigenvalue weighted by atomic mass is 35.5. The third-order valence-electron chi connectivity index (χ3n) is 3.61. The zero-order chi connectivity index (χ0) is 14.3. The number of nitrogen functional groups attached to an aromatic ring is 1. The summed E-state index contributed by atoms with van der Waals surface area (Å²) < 4.78 is 0. The number of aryl methyl sites for hydroxylation is 1. The monoisotopic (exact) mass is 325 g/mol. The van der Waals surface area contributed by atoms with Crippen molar-refractivity contribution >= 4 is 45.3 Å². The van der Waals surface area contributed by atoms with E-state index in [1.807, 2.05) is 0 Å². The number of hydrogen-bond donors (Lipinski definition) is 1. The minimum Gasteiger partial charge on any atom is -0.390 e. The van der Waals surface area contributed by atoms with Crippen LogP contribution >= 0.6 is 34.5 Å². The molecule has 20 heavy (non-hydrogen) atoms. The Hall–Kier alpha value is -1.03. The van der Waals surface area contributed by atoms with Gasteiger partial charge < -0.3 is 5.73 Å². The summed E-state index contributed by atoms with van der Waals surface area (Å²) in [4.78, 5) is 13.9. The van der Waals surface area contributed by atoms with Crippen molar-refractivity contribution < 1.29 is 4.79 Å². The number of hydrogen-bond acceptors (Lipinski definition) is 3. The summed E-state index contributed by atoms with van der Waals surface area (Å²) >= 11 is 13.4. The van der Waals surface area contributed by atoms with Gasteiger partial charge in [-0.25, -0.2) is 0 Å². The number of fused-ring (bicyclic) bond motifs is 1. The van der Waals surface area contributed by atoms with Crippen molar-refractivity contribution in [1.82, 2.24) is 0 Å². The molecule has 1 aliphatic carbocycles. The van der Waals surface area contributed by atoms with E-state index in [9.17, 15) is 4.79 Å². The Kier molecular flexibility index (Phi) is 3.76. The molecule has 0 atom stereocenters. The minimum absolute atomic E-state index is 0.0551. The number of anilines is 1. The van der Waals surface area contributed by atoms with Crippen LogP contribution in [0.3, 0.4) is 0 Å². The minimum atomic E-state index is -0.0551. The predicted octanol–water partition coefficient (Wildman–Crippen LogP) is 4.75. The van der Waals surface area contributed by atoms with E-state index < -0.39 is 0 Å². The third-order valence-corrected chi connectivity index (χ3v) is 5.47. The molecule has 0 saturated carbocycles. The van der Waals surface area contributed by atoms with Crippen molar-refractivity contribution in [2.75, 3.05) is 5.73 Å². The van der Waals surface area contributed by atoms with Crippen molar-refractivity contribution in [3.05, 3.63) is 49.8 Å². The molecule has 104 valence electrons. The Balaban J connectivity index is 2.06. The number of benzene rings is 1. The van der Waals surface area contributed by atoms with E-state index in [1.165, 1.54) is 11.3 Å². The van der Waals surface area contributed by atoms with Gasteiger partial charge in [-0.2, -0.15) is 0 Å². The second-order valence-electron chi connectivity index (χ2n) is 4.91. The largest absolute Gasteiger partial charge is 0.390 e. The number of thiophene rings is 1. The van der Waals surface area contributed by atoms with Gasteiger partial charge in [0.2, 0.25) is 0 Å². The standard InChI is InChI=1S/C15H13Cl2NOS/c16-10-6-5-8(7-11(10)17)14(19)13-9-3-1-2-4-12(9)20-15(13)18/h5-7H,1-4,18H2. The Bertz CT molecular complexity index is 693. The fourth-order valence-corrected chi connectivity index (χ4v) is 4.07. The lowest BCUT2D eigenvalue weighted by Crippen LogP contribution is -2.09. The second kappa shape index (κ2) is 5.40. The fourth-order valence-electron chi connectivity index (χ4n) is 2.62. The SMILES string of the molecule is Nc1sc2c(c1C(=O)c1ccc(Cl)c(Cl)c1)CCCC2. The molecule has 2 nitrogen and oxygen atoms in total. The van der Waals surface area contributed by atoms with Gasteiger partial charge in [-0.3, -0.25) is 4.79 Å². The molecule has 0 aliphatic heterocycles. The van der Waals surface area contributed by atoms with E-state index in [0.717, 1.165) is 24.8 Å². The molecule has 0 radical (unpaired) electrons.